The molecule has 0 aliphatic carbocycles. The molecule has 2 aromatic carbocycles. The lowest BCUT2D eigenvalue weighted by Crippen LogP contribution is -2.14. The van der Waals surface area contributed by atoms with Crippen LogP contribution < -0.4 is 15.4 Å². The molecule has 0 radical (unpaired) electrons. The van der Waals surface area contributed by atoms with Crippen molar-refractivity contribution < 1.29 is 9.53 Å². The number of nitrogens with one attached hydrogen (secondary N) is 2. The fraction of sp³-hybridized carbons (Fsp3) is 0.0526. The minimum Gasteiger partial charge on any atom is -0.457 e. The molecule has 120 valence electrons. The van der Waals surface area contributed by atoms with E-state index in [2.05, 4.69) is 15.6 Å². The van der Waals surface area contributed by atoms with E-state index < -0.39 is 0 Å². The van der Waals surface area contributed by atoms with E-state index in [1.807, 2.05) is 42.5 Å². The Morgan fingerprint density at radius 2 is 1.62 bits per heavy atom. The van der Waals surface area contributed by atoms with Gasteiger partial charge in [-0.05, 0) is 48.5 Å². The van der Waals surface area contributed by atoms with Gasteiger partial charge in [-0.1, -0.05) is 18.2 Å². The summed E-state index contributed by atoms with van der Waals surface area (Å²) in [5, 5.41) is 5.76. The largest absolute Gasteiger partial charge is 0.457 e. The molecular weight excluding hydrogens is 302 g/mol. The van der Waals surface area contributed by atoms with Crippen LogP contribution in [0.4, 0.5) is 11.5 Å². The topological polar surface area (TPSA) is 63.2 Å². The van der Waals surface area contributed by atoms with Crippen molar-refractivity contribution in [1.82, 2.24) is 4.98 Å². The van der Waals surface area contributed by atoms with Gasteiger partial charge in [0.15, 0.2) is 0 Å². The van der Waals surface area contributed by atoms with Crippen LogP contribution in [0.15, 0.2) is 72.9 Å². The molecule has 0 unspecified atom stereocenters. The van der Waals surface area contributed by atoms with Crippen molar-refractivity contribution in [3.63, 3.8) is 0 Å². The summed E-state index contributed by atoms with van der Waals surface area (Å²) in [5.41, 5.74) is 1.18. The molecule has 0 spiro atoms. The second kappa shape index (κ2) is 7.28. The molecule has 5 nitrogen and oxygen atoms in total. The Bertz CT molecular complexity index is 818. The lowest BCUT2D eigenvalue weighted by atomic mass is 10.2. The standard InChI is InChI=1S/C19H17N3O2/c1-20-18-17(8-5-13-21-18)19(23)22-14-9-11-16(12-10-14)24-15-6-3-2-4-7-15/h2-13H,1H3,(H,20,21)(H,22,23). The average Bonchev–Trinajstić information content (AvgIpc) is 2.64. The lowest BCUT2D eigenvalue weighted by molar-refractivity contribution is 0.102. The first kappa shape index (κ1) is 15.6. The number of para-hydroxylation sites is 1. The van der Waals surface area contributed by atoms with Gasteiger partial charge in [-0.2, -0.15) is 0 Å². The summed E-state index contributed by atoms with van der Waals surface area (Å²) in [6, 6.07) is 20.2. The van der Waals surface area contributed by atoms with Gasteiger partial charge in [-0.25, -0.2) is 4.98 Å². The summed E-state index contributed by atoms with van der Waals surface area (Å²) in [5.74, 6) is 1.79. The molecule has 24 heavy (non-hydrogen) atoms. The van der Waals surface area contributed by atoms with Gasteiger partial charge in [0.2, 0.25) is 0 Å². The van der Waals surface area contributed by atoms with E-state index >= 15 is 0 Å². The Morgan fingerprint density at radius 1 is 0.917 bits per heavy atom. The van der Waals surface area contributed by atoms with Crippen LogP contribution in [0.3, 0.4) is 0 Å². The highest BCUT2D eigenvalue weighted by Crippen LogP contribution is 2.23. The van der Waals surface area contributed by atoms with E-state index in [-0.39, 0.29) is 5.91 Å². The fourth-order valence-corrected chi connectivity index (χ4v) is 2.22. The number of nitrogens with zero attached hydrogens (tertiary/aromatic N) is 1. The van der Waals surface area contributed by atoms with Gasteiger partial charge in [-0.3, -0.25) is 4.79 Å². The van der Waals surface area contributed by atoms with Gasteiger partial charge >= 0.3 is 0 Å². The Morgan fingerprint density at radius 3 is 2.33 bits per heavy atom. The average molecular weight is 319 g/mol. The molecule has 0 aliphatic heterocycles. The van der Waals surface area contributed by atoms with E-state index in [9.17, 15) is 4.79 Å². The van der Waals surface area contributed by atoms with Crippen molar-refractivity contribution >= 4 is 17.4 Å². The zero-order valence-electron chi connectivity index (χ0n) is 13.2. The normalized spacial score (nSPS) is 10.0. The highest BCUT2D eigenvalue weighted by Gasteiger charge is 2.11. The molecule has 1 aromatic heterocycles. The van der Waals surface area contributed by atoms with Crippen LogP contribution in [0, 0.1) is 0 Å². The fourth-order valence-electron chi connectivity index (χ4n) is 2.22. The third kappa shape index (κ3) is 3.70. The number of hydrogen-bond donors (Lipinski definition) is 2. The molecule has 2 N–H and O–H groups in total. The van der Waals surface area contributed by atoms with E-state index in [1.165, 1.54) is 0 Å². The monoisotopic (exact) mass is 319 g/mol. The van der Waals surface area contributed by atoms with Crippen molar-refractivity contribution in [1.29, 1.82) is 0 Å². The van der Waals surface area contributed by atoms with Crippen molar-refractivity contribution in [3.8, 4) is 11.5 Å². The maximum absolute atomic E-state index is 12.3. The summed E-state index contributed by atoms with van der Waals surface area (Å²) in [7, 11) is 1.73. The number of anilines is 2. The summed E-state index contributed by atoms with van der Waals surface area (Å²) in [4.78, 5) is 16.5. The Balaban J connectivity index is 1.69. The molecule has 3 rings (SSSR count). The molecule has 1 amide bonds. The zero-order valence-corrected chi connectivity index (χ0v) is 13.2. The number of rotatable bonds is 5. The lowest BCUT2D eigenvalue weighted by Gasteiger charge is -2.10. The molecule has 0 fully saturated rings. The number of carbonyl (C=O) groups excluding carboxylic acids is 1. The number of ether oxygens (including phenoxy) is 1. The first-order valence-electron chi connectivity index (χ1n) is 7.53. The Labute approximate surface area is 140 Å². The minimum atomic E-state index is -0.218. The summed E-state index contributed by atoms with van der Waals surface area (Å²) in [6.07, 6.45) is 1.64. The molecule has 1 heterocycles. The number of benzene rings is 2. The van der Waals surface area contributed by atoms with E-state index in [4.69, 9.17) is 4.74 Å². The first-order chi connectivity index (χ1) is 11.8. The second-order valence-corrected chi connectivity index (χ2v) is 5.04. The van der Waals surface area contributed by atoms with Crippen LogP contribution in [0.1, 0.15) is 10.4 Å². The number of aromatic nitrogens is 1. The number of carbonyl (C=O) groups is 1. The predicted octanol–water partition coefficient (Wildman–Crippen LogP) is 4.17. The molecule has 0 atom stereocenters. The summed E-state index contributed by atoms with van der Waals surface area (Å²) in [6.45, 7) is 0. The third-order valence-corrected chi connectivity index (χ3v) is 3.38. The molecule has 0 saturated heterocycles. The van der Waals surface area contributed by atoms with Gasteiger partial charge in [0, 0.05) is 18.9 Å². The van der Waals surface area contributed by atoms with Gasteiger partial charge in [0.25, 0.3) is 5.91 Å². The SMILES string of the molecule is CNc1ncccc1C(=O)Nc1ccc(Oc2ccccc2)cc1. The number of pyridine rings is 1. The van der Waals surface area contributed by atoms with Crippen molar-refractivity contribution in [2.45, 2.75) is 0 Å². The molecule has 0 aliphatic rings. The van der Waals surface area contributed by atoms with Crippen molar-refractivity contribution in [2.75, 3.05) is 17.7 Å². The van der Waals surface area contributed by atoms with Gasteiger partial charge in [-0.15, -0.1) is 0 Å². The number of hydrogen-bond acceptors (Lipinski definition) is 4. The molecule has 3 aromatic rings. The second-order valence-electron chi connectivity index (χ2n) is 5.04. The smallest absolute Gasteiger partial charge is 0.259 e. The number of amides is 1. The molecule has 0 saturated carbocycles. The van der Waals surface area contributed by atoms with E-state index in [0.29, 0.717) is 22.8 Å². The zero-order chi connectivity index (χ0) is 16.8. The third-order valence-electron chi connectivity index (χ3n) is 3.38. The molecular formula is C19H17N3O2. The Hall–Kier alpha value is -3.34. The van der Waals surface area contributed by atoms with Crippen LogP contribution >= 0.6 is 0 Å². The van der Waals surface area contributed by atoms with Gasteiger partial charge in [0.1, 0.15) is 17.3 Å². The maximum Gasteiger partial charge on any atom is 0.259 e. The highest BCUT2D eigenvalue weighted by molar-refractivity contribution is 6.07. The summed E-state index contributed by atoms with van der Waals surface area (Å²) >= 11 is 0. The van der Waals surface area contributed by atoms with Crippen molar-refractivity contribution in [3.05, 3.63) is 78.5 Å². The maximum atomic E-state index is 12.3. The van der Waals surface area contributed by atoms with Gasteiger partial charge in [0.05, 0.1) is 5.56 Å². The van der Waals surface area contributed by atoms with Crippen molar-refractivity contribution in [2.24, 2.45) is 0 Å². The predicted molar refractivity (Wildman–Crippen MR) is 94.7 cm³/mol. The van der Waals surface area contributed by atoms with Crippen LogP contribution in [0.5, 0.6) is 11.5 Å². The van der Waals surface area contributed by atoms with E-state index in [1.54, 1.807) is 37.5 Å². The Kier molecular flexibility index (Phi) is 4.72. The van der Waals surface area contributed by atoms with Crippen LogP contribution in [-0.2, 0) is 0 Å². The molecule has 5 heteroatoms. The van der Waals surface area contributed by atoms with Crippen LogP contribution in [-0.4, -0.2) is 17.9 Å². The van der Waals surface area contributed by atoms with E-state index in [0.717, 1.165) is 5.75 Å². The van der Waals surface area contributed by atoms with Gasteiger partial charge < -0.3 is 15.4 Å². The first-order valence-corrected chi connectivity index (χ1v) is 7.53. The minimum absolute atomic E-state index is 0.218. The quantitative estimate of drug-likeness (QED) is 0.741. The summed E-state index contributed by atoms with van der Waals surface area (Å²) < 4.78 is 5.73. The van der Waals surface area contributed by atoms with Crippen LogP contribution in [0.25, 0.3) is 0 Å². The van der Waals surface area contributed by atoms with Crippen LogP contribution in [0.2, 0.25) is 0 Å². The highest BCUT2D eigenvalue weighted by atomic mass is 16.5. The molecule has 0 bridgehead atoms.